The number of aliphatic carboxylic acids is 1. The maximum Gasteiger partial charge on any atom is 0.325 e. The Bertz CT molecular complexity index is 464. The molecule has 18 heavy (non-hydrogen) atoms. The third kappa shape index (κ3) is 4.25. The summed E-state index contributed by atoms with van der Waals surface area (Å²) in [4.78, 5) is 22.1. The standard InChI is InChI=1S/C11H13BrN2O4/c1-6(10(15)16)13-11(17)14-8-3-7(12)4-9(5-8)18-2/h3-6H,1-2H3,(H,15,16)(H2,13,14,17)/t6-/m0/s1. The average Bonchev–Trinajstić information content (AvgIpc) is 2.27. The summed E-state index contributed by atoms with van der Waals surface area (Å²) < 4.78 is 5.78. The molecule has 0 aliphatic heterocycles. The SMILES string of the molecule is COc1cc(Br)cc(NC(=O)N[C@@H](C)C(=O)O)c1. The summed E-state index contributed by atoms with van der Waals surface area (Å²) >= 11 is 3.27. The quantitative estimate of drug-likeness (QED) is 0.793. The predicted molar refractivity (Wildman–Crippen MR) is 69.9 cm³/mol. The van der Waals surface area contributed by atoms with Crippen molar-refractivity contribution < 1.29 is 19.4 Å². The lowest BCUT2D eigenvalue weighted by Crippen LogP contribution is -2.40. The minimum atomic E-state index is -1.10. The fourth-order valence-corrected chi connectivity index (χ4v) is 1.65. The lowest BCUT2D eigenvalue weighted by Gasteiger charge is -2.11. The maximum absolute atomic E-state index is 11.5. The zero-order chi connectivity index (χ0) is 13.7. The minimum Gasteiger partial charge on any atom is -0.497 e. The Morgan fingerprint density at radius 2 is 2.06 bits per heavy atom. The van der Waals surface area contributed by atoms with Crippen molar-refractivity contribution in [3.63, 3.8) is 0 Å². The molecule has 1 rings (SSSR count). The Morgan fingerprint density at radius 1 is 1.39 bits per heavy atom. The third-order valence-electron chi connectivity index (χ3n) is 2.08. The van der Waals surface area contributed by atoms with Crippen LogP contribution in [0.2, 0.25) is 0 Å². The van der Waals surface area contributed by atoms with E-state index in [4.69, 9.17) is 9.84 Å². The van der Waals surface area contributed by atoms with Gasteiger partial charge in [-0.05, 0) is 19.1 Å². The van der Waals surface area contributed by atoms with Gasteiger partial charge in [0, 0.05) is 16.2 Å². The second kappa shape index (κ2) is 6.25. The maximum atomic E-state index is 11.5. The van der Waals surface area contributed by atoms with E-state index in [1.54, 1.807) is 18.2 Å². The van der Waals surface area contributed by atoms with Gasteiger partial charge in [0.25, 0.3) is 0 Å². The first-order chi connectivity index (χ1) is 8.42. The molecule has 0 saturated carbocycles. The molecular weight excluding hydrogens is 304 g/mol. The first-order valence-electron chi connectivity index (χ1n) is 5.07. The van der Waals surface area contributed by atoms with E-state index in [0.717, 1.165) is 4.47 Å². The van der Waals surface area contributed by atoms with Crippen molar-refractivity contribution in [2.75, 3.05) is 12.4 Å². The molecule has 0 aliphatic rings. The molecule has 0 bridgehead atoms. The second-order valence-electron chi connectivity index (χ2n) is 3.54. The first-order valence-corrected chi connectivity index (χ1v) is 5.86. The van der Waals surface area contributed by atoms with E-state index in [-0.39, 0.29) is 0 Å². The van der Waals surface area contributed by atoms with Gasteiger partial charge < -0.3 is 20.5 Å². The van der Waals surface area contributed by atoms with Crippen LogP contribution in [0, 0.1) is 0 Å². The Morgan fingerprint density at radius 3 is 2.61 bits per heavy atom. The molecule has 0 fully saturated rings. The Hall–Kier alpha value is -1.76. The van der Waals surface area contributed by atoms with Crippen LogP contribution in [0.1, 0.15) is 6.92 Å². The van der Waals surface area contributed by atoms with Crippen molar-refractivity contribution >= 4 is 33.6 Å². The largest absolute Gasteiger partial charge is 0.497 e. The van der Waals surface area contributed by atoms with Gasteiger partial charge in [-0.3, -0.25) is 4.79 Å². The number of nitrogens with one attached hydrogen (secondary N) is 2. The number of hydrogen-bond donors (Lipinski definition) is 3. The molecule has 1 aromatic rings. The van der Waals surface area contributed by atoms with Crippen molar-refractivity contribution in [3.05, 3.63) is 22.7 Å². The molecule has 0 unspecified atom stereocenters. The lowest BCUT2D eigenvalue weighted by atomic mass is 10.3. The van der Waals surface area contributed by atoms with E-state index in [1.165, 1.54) is 14.0 Å². The van der Waals surface area contributed by atoms with Gasteiger partial charge in [0.2, 0.25) is 0 Å². The van der Waals surface area contributed by atoms with E-state index in [2.05, 4.69) is 26.6 Å². The summed E-state index contributed by atoms with van der Waals surface area (Å²) in [6.45, 7) is 1.38. The van der Waals surface area contributed by atoms with Gasteiger partial charge in [0.05, 0.1) is 7.11 Å². The summed E-state index contributed by atoms with van der Waals surface area (Å²) in [5.41, 5.74) is 0.497. The summed E-state index contributed by atoms with van der Waals surface area (Å²) in [6, 6.07) is 3.48. The molecule has 0 aromatic heterocycles. The third-order valence-corrected chi connectivity index (χ3v) is 2.54. The molecule has 1 atom stereocenters. The van der Waals surface area contributed by atoms with Crippen LogP contribution in [0.5, 0.6) is 5.75 Å². The molecule has 1 aromatic carbocycles. The fourth-order valence-electron chi connectivity index (χ4n) is 1.18. The summed E-state index contributed by atoms with van der Waals surface area (Å²) in [5, 5.41) is 13.5. The second-order valence-corrected chi connectivity index (χ2v) is 4.45. The molecule has 98 valence electrons. The minimum absolute atomic E-state index is 0.497. The number of methoxy groups -OCH3 is 1. The van der Waals surface area contributed by atoms with Gasteiger partial charge in [-0.25, -0.2) is 4.79 Å². The van der Waals surface area contributed by atoms with Crippen molar-refractivity contribution in [1.82, 2.24) is 5.32 Å². The van der Waals surface area contributed by atoms with Crippen LogP contribution >= 0.6 is 15.9 Å². The average molecular weight is 317 g/mol. The molecule has 2 amide bonds. The van der Waals surface area contributed by atoms with Crippen molar-refractivity contribution in [2.45, 2.75) is 13.0 Å². The number of anilines is 1. The number of rotatable bonds is 4. The van der Waals surface area contributed by atoms with Crippen LogP contribution in [0.15, 0.2) is 22.7 Å². The van der Waals surface area contributed by atoms with Gasteiger partial charge in [0.15, 0.2) is 0 Å². The summed E-state index contributed by atoms with van der Waals surface area (Å²) in [6.07, 6.45) is 0. The van der Waals surface area contributed by atoms with Gasteiger partial charge in [-0.1, -0.05) is 15.9 Å². The van der Waals surface area contributed by atoms with E-state index in [0.29, 0.717) is 11.4 Å². The highest BCUT2D eigenvalue weighted by Gasteiger charge is 2.14. The topological polar surface area (TPSA) is 87.7 Å². The van der Waals surface area contributed by atoms with Crippen LogP contribution in [0.3, 0.4) is 0 Å². The summed E-state index contributed by atoms with van der Waals surface area (Å²) in [5.74, 6) is -0.525. The number of carbonyl (C=O) groups is 2. The van der Waals surface area contributed by atoms with Crippen molar-refractivity contribution in [3.8, 4) is 5.75 Å². The smallest absolute Gasteiger partial charge is 0.325 e. The molecular formula is C11H13BrN2O4. The predicted octanol–water partition coefficient (Wildman–Crippen LogP) is 2.05. The highest BCUT2D eigenvalue weighted by Crippen LogP contribution is 2.24. The van der Waals surface area contributed by atoms with Crippen LogP contribution in [-0.2, 0) is 4.79 Å². The number of hydrogen-bond acceptors (Lipinski definition) is 3. The number of halogens is 1. The number of urea groups is 1. The number of ether oxygens (including phenoxy) is 1. The van der Waals surface area contributed by atoms with Crippen molar-refractivity contribution in [1.29, 1.82) is 0 Å². The van der Waals surface area contributed by atoms with Gasteiger partial charge in [-0.15, -0.1) is 0 Å². The van der Waals surface area contributed by atoms with Gasteiger partial charge in [0.1, 0.15) is 11.8 Å². The van der Waals surface area contributed by atoms with Gasteiger partial charge >= 0.3 is 12.0 Å². The van der Waals surface area contributed by atoms with E-state index >= 15 is 0 Å². The first kappa shape index (κ1) is 14.3. The molecule has 6 nitrogen and oxygen atoms in total. The zero-order valence-corrected chi connectivity index (χ0v) is 11.4. The van der Waals surface area contributed by atoms with E-state index in [9.17, 15) is 9.59 Å². The molecule has 0 spiro atoms. The monoisotopic (exact) mass is 316 g/mol. The number of carboxylic acids is 1. The number of benzene rings is 1. The van der Waals surface area contributed by atoms with E-state index < -0.39 is 18.0 Å². The highest BCUT2D eigenvalue weighted by molar-refractivity contribution is 9.10. The number of amides is 2. The Labute approximate surface area is 112 Å². The Kier molecular flexibility index (Phi) is 4.96. The lowest BCUT2D eigenvalue weighted by molar-refractivity contribution is -0.138. The van der Waals surface area contributed by atoms with Crippen LogP contribution in [0.4, 0.5) is 10.5 Å². The van der Waals surface area contributed by atoms with Crippen molar-refractivity contribution in [2.24, 2.45) is 0 Å². The highest BCUT2D eigenvalue weighted by atomic mass is 79.9. The molecule has 7 heteroatoms. The van der Waals surface area contributed by atoms with Crippen LogP contribution in [0.25, 0.3) is 0 Å². The molecule has 3 N–H and O–H groups in total. The summed E-state index contributed by atoms with van der Waals surface area (Å²) in [7, 11) is 1.51. The molecule has 0 heterocycles. The number of carboxylic acid groups (broad SMARTS) is 1. The normalized spacial score (nSPS) is 11.5. The molecule has 0 aliphatic carbocycles. The van der Waals surface area contributed by atoms with Crippen LogP contribution < -0.4 is 15.4 Å². The molecule has 0 radical (unpaired) electrons. The molecule has 0 saturated heterocycles. The van der Waals surface area contributed by atoms with E-state index in [1.807, 2.05) is 0 Å². The van der Waals surface area contributed by atoms with Crippen LogP contribution in [-0.4, -0.2) is 30.3 Å². The van der Waals surface area contributed by atoms with Gasteiger partial charge in [-0.2, -0.15) is 0 Å². The zero-order valence-electron chi connectivity index (χ0n) is 9.86. The Balaban J connectivity index is 2.70. The fraction of sp³-hybridized carbons (Fsp3) is 0.273. The number of carbonyl (C=O) groups excluding carboxylic acids is 1.